The van der Waals surface area contributed by atoms with E-state index in [0.29, 0.717) is 17.1 Å². The number of aromatic nitrogens is 1. The minimum Gasteiger partial charge on any atom is -0.340 e. The van der Waals surface area contributed by atoms with E-state index in [-0.39, 0.29) is 4.90 Å². The minimum atomic E-state index is -3.66. The molecule has 1 aromatic heterocycles. The second kappa shape index (κ2) is 7.25. The zero-order valence-electron chi connectivity index (χ0n) is 14.0. The lowest BCUT2D eigenvalue weighted by atomic mass is 10.2. The third kappa shape index (κ3) is 4.18. The van der Waals surface area contributed by atoms with Crippen molar-refractivity contribution in [2.75, 3.05) is 10.0 Å². The summed E-state index contributed by atoms with van der Waals surface area (Å²) in [6.07, 6.45) is 1.43. The molecule has 0 spiro atoms. The summed E-state index contributed by atoms with van der Waals surface area (Å²) in [5.41, 5.74) is 2.50. The van der Waals surface area contributed by atoms with Crippen LogP contribution in [0.1, 0.15) is 11.1 Å². The summed E-state index contributed by atoms with van der Waals surface area (Å²) in [4.78, 5) is 4.41. The number of hydrogen-bond acceptors (Lipinski definition) is 5. The molecule has 7 heteroatoms. The van der Waals surface area contributed by atoms with Crippen molar-refractivity contribution in [3.63, 3.8) is 0 Å². The van der Waals surface area contributed by atoms with Crippen molar-refractivity contribution in [3.05, 3.63) is 78.0 Å². The van der Waals surface area contributed by atoms with Gasteiger partial charge in [0.2, 0.25) is 0 Å². The lowest BCUT2D eigenvalue weighted by Crippen LogP contribution is -2.13. The van der Waals surface area contributed by atoms with Crippen molar-refractivity contribution in [3.8, 4) is 6.07 Å². The molecule has 0 saturated carbocycles. The van der Waals surface area contributed by atoms with Crippen LogP contribution in [-0.4, -0.2) is 13.4 Å². The Morgan fingerprint density at radius 3 is 2.50 bits per heavy atom. The van der Waals surface area contributed by atoms with Gasteiger partial charge < -0.3 is 5.32 Å². The van der Waals surface area contributed by atoms with Gasteiger partial charge in [0, 0.05) is 5.69 Å². The lowest BCUT2D eigenvalue weighted by Gasteiger charge is -2.10. The summed E-state index contributed by atoms with van der Waals surface area (Å²) in [6.45, 7) is 1.84. The molecule has 0 unspecified atom stereocenters. The van der Waals surface area contributed by atoms with Gasteiger partial charge in [-0.05, 0) is 55.0 Å². The van der Waals surface area contributed by atoms with Crippen LogP contribution in [-0.2, 0) is 10.0 Å². The van der Waals surface area contributed by atoms with Gasteiger partial charge in [0.1, 0.15) is 5.82 Å². The second-order valence-electron chi connectivity index (χ2n) is 5.67. The molecular weight excluding hydrogens is 348 g/mol. The first-order valence-electron chi connectivity index (χ1n) is 7.79. The van der Waals surface area contributed by atoms with Crippen LogP contribution in [0.25, 0.3) is 0 Å². The standard InChI is InChI=1S/C19H16N4O2S/c1-14-4-2-7-18(10-14)26(24,25)23-17-8-9-19(21-13-17)22-16-6-3-5-15(11-16)12-20/h2-11,13,23H,1H3,(H,21,22). The molecule has 2 N–H and O–H groups in total. The molecule has 26 heavy (non-hydrogen) atoms. The van der Waals surface area contributed by atoms with Crippen LogP contribution >= 0.6 is 0 Å². The predicted molar refractivity (Wildman–Crippen MR) is 101 cm³/mol. The Kier molecular flexibility index (Phi) is 4.87. The summed E-state index contributed by atoms with van der Waals surface area (Å²) >= 11 is 0. The van der Waals surface area contributed by atoms with E-state index in [4.69, 9.17) is 5.26 Å². The highest BCUT2D eigenvalue weighted by atomic mass is 32.2. The number of sulfonamides is 1. The van der Waals surface area contributed by atoms with Crippen molar-refractivity contribution in [2.45, 2.75) is 11.8 Å². The smallest absolute Gasteiger partial charge is 0.261 e. The average molecular weight is 364 g/mol. The van der Waals surface area contributed by atoms with Crippen LogP contribution in [0.5, 0.6) is 0 Å². The van der Waals surface area contributed by atoms with Gasteiger partial charge in [0.15, 0.2) is 0 Å². The first-order valence-corrected chi connectivity index (χ1v) is 9.27. The maximum atomic E-state index is 12.4. The van der Waals surface area contributed by atoms with Gasteiger partial charge in [-0.15, -0.1) is 0 Å². The number of hydrogen-bond donors (Lipinski definition) is 2. The summed E-state index contributed by atoms with van der Waals surface area (Å²) in [5.74, 6) is 0.540. The molecule has 0 radical (unpaired) electrons. The second-order valence-corrected chi connectivity index (χ2v) is 7.35. The zero-order chi connectivity index (χ0) is 18.6. The number of benzene rings is 2. The highest BCUT2D eigenvalue weighted by Crippen LogP contribution is 2.20. The molecule has 130 valence electrons. The van der Waals surface area contributed by atoms with Crippen molar-refractivity contribution >= 4 is 27.2 Å². The molecule has 0 aliphatic rings. The Morgan fingerprint density at radius 1 is 1.00 bits per heavy atom. The normalized spacial score (nSPS) is 10.8. The summed E-state index contributed by atoms with van der Waals surface area (Å²) < 4.78 is 27.3. The Hall–Kier alpha value is -3.37. The Bertz CT molecular complexity index is 1070. The van der Waals surface area contributed by atoms with Gasteiger partial charge in [-0.2, -0.15) is 5.26 Å². The Morgan fingerprint density at radius 2 is 1.81 bits per heavy atom. The van der Waals surface area contributed by atoms with E-state index >= 15 is 0 Å². The number of nitrogens with one attached hydrogen (secondary N) is 2. The molecule has 0 aliphatic carbocycles. The summed E-state index contributed by atoms with van der Waals surface area (Å²) in [6, 6.07) is 19.0. The summed E-state index contributed by atoms with van der Waals surface area (Å²) in [5, 5.41) is 12.0. The number of anilines is 3. The van der Waals surface area contributed by atoms with Crippen LogP contribution in [0.4, 0.5) is 17.2 Å². The van der Waals surface area contributed by atoms with E-state index in [1.807, 2.05) is 19.1 Å². The first kappa shape index (κ1) is 17.5. The van der Waals surface area contributed by atoms with Crippen molar-refractivity contribution in [1.29, 1.82) is 5.26 Å². The molecule has 2 aromatic carbocycles. The van der Waals surface area contributed by atoms with Crippen LogP contribution < -0.4 is 10.0 Å². The molecule has 3 aromatic rings. The molecule has 3 rings (SSSR count). The number of nitrogens with zero attached hydrogens (tertiary/aromatic N) is 2. The van der Waals surface area contributed by atoms with E-state index in [1.165, 1.54) is 6.20 Å². The van der Waals surface area contributed by atoms with Crippen molar-refractivity contribution in [2.24, 2.45) is 0 Å². The van der Waals surface area contributed by atoms with Gasteiger partial charge >= 0.3 is 0 Å². The average Bonchev–Trinajstić information content (AvgIpc) is 2.63. The minimum absolute atomic E-state index is 0.202. The monoisotopic (exact) mass is 364 g/mol. The highest BCUT2D eigenvalue weighted by Gasteiger charge is 2.14. The van der Waals surface area contributed by atoms with Gasteiger partial charge in [-0.3, -0.25) is 4.72 Å². The topological polar surface area (TPSA) is 94.9 Å². The fourth-order valence-corrected chi connectivity index (χ4v) is 3.49. The Labute approximate surface area is 152 Å². The predicted octanol–water partition coefficient (Wildman–Crippen LogP) is 3.81. The van der Waals surface area contributed by atoms with Crippen LogP contribution in [0.2, 0.25) is 0 Å². The molecule has 0 fully saturated rings. The molecular formula is C19H16N4O2S. The van der Waals surface area contributed by atoms with Gasteiger partial charge in [-0.1, -0.05) is 18.2 Å². The van der Waals surface area contributed by atoms with Gasteiger partial charge in [0.05, 0.1) is 28.4 Å². The third-order valence-corrected chi connectivity index (χ3v) is 4.96. The number of rotatable bonds is 5. The molecule has 1 heterocycles. The maximum absolute atomic E-state index is 12.4. The third-order valence-electron chi connectivity index (χ3n) is 3.58. The van der Waals surface area contributed by atoms with E-state index in [1.54, 1.807) is 48.5 Å². The molecule has 0 aliphatic heterocycles. The molecule has 6 nitrogen and oxygen atoms in total. The van der Waals surface area contributed by atoms with Gasteiger partial charge in [0.25, 0.3) is 10.0 Å². The number of pyridine rings is 1. The highest BCUT2D eigenvalue weighted by molar-refractivity contribution is 7.92. The first-order chi connectivity index (χ1) is 12.5. The largest absolute Gasteiger partial charge is 0.340 e. The number of aryl methyl sites for hydroxylation is 1. The molecule has 0 saturated heterocycles. The molecule has 0 bridgehead atoms. The Balaban J connectivity index is 1.74. The van der Waals surface area contributed by atoms with Crippen LogP contribution in [0.3, 0.4) is 0 Å². The fraction of sp³-hybridized carbons (Fsp3) is 0.0526. The van der Waals surface area contributed by atoms with Crippen molar-refractivity contribution < 1.29 is 8.42 Å². The van der Waals surface area contributed by atoms with Crippen LogP contribution in [0.15, 0.2) is 71.8 Å². The fourth-order valence-electron chi connectivity index (χ4n) is 2.34. The number of nitriles is 1. The molecule has 0 atom stereocenters. The van der Waals surface area contributed by atoms with Crippen LogP contribution in [0, 0.1) is 18.3 Å². The van der Waals surface area contributed by atoms with Gasteiger partial charge in [-0.25, -0.2) is 13.4 Å². The van der Waals surface area contributed by atoms with E-state index < -0.39 is 10.0 Å². The summed E-state index contributed by atoms with van der Waals surface area (Å²) in [7, 11) is -3.66. The molecule has 0 amide bonds. The maximum Gasteiger partial charge on any atom is 0.261 e. The quantitative estimate of drug-likeness (QED) is 0.718. The van der Waals surface area contributed by atoms with E-state index in [2.05, 4.69) is 21.1 Å². The van der Waals surface area contributed by atoms with Crippen molar-refractivity contribution in [1.82, 2.24) is 4.98 Å². The van der Waals surface area contributed by atoms with E-state index in [0.717, 1.165) is 11.3 Å². The van der Waals surface area contributed by atoms with E-state index in [9.17, 15) is 8.42 Å². The SMILES string of the molecule is Cc1cccc(S(=O)(=O)Nc2ccc(Nc3cccc(C#N)c3)nc2)c1. The lowest BCUT2D eigenvalue weighted by molar-refractivity contribution is 0.601. The zero-order valence-corrected chi connectivity index (χ0v) is 14.8.